The summed E-state index contributed by atoms with van der Waals surface area (Å²) in [5.41, 5.74) is 0. The Hall–Kier alpha value is -0.910. The summed E-state index contributed by atoms with van der Waals surface area (Å²) in [4.78, 5) is 14.6. The molecule has 1 saturated heterocycles. The highest BCUT2D eigenvalue weighted by atomic mass is 127. The van der Waals surface area contributed by atoms with Crippen molar-refractivity contribution in [3.63, 3.8) is 0 Å². The molecular weight excluding hydrogens is 475 g/mol. The maximum Gasteiger partial charge on any atom is 0.223 e. The minimum Gasteiger partial charge on any atom is -0.349 e. The number of hydrogen-bond acceptors (Lipinski definition) is 6. The van der Waals surface area contributed by atoms with Gasteiger partial charge in [0, 0.05) is 51.6 Å². The first-order valence-electron chi connectivity index (χ1n) is 7.85. The van der Waals surface area contributed by atoms with E-state index in [1.54, 1.807) is 25.3 Å². The van der Waals surface area contributed by atoms with Crippen molar-refractivity contribution >= 4 is 52.9 Å². The summed E-state index contributed by atoms with van der Waals surface area (Å²) in [7, 11) is 1.80. The van der Waals surface area contributed by atoms with E-state index >= 15 is 0 Å². The van der Waals surface area contributed by atoms with E-state index in [0.29, 0.717) is 18.3 Å². The molecule has 0 spiro atoms. The Labute approximate surface area is 173 Å². The van der Waals surface area contributed by atoms with Gasteiger partial charge in [-0.2, -0.15) is 4.98 Å². The van der Waals surface area contributed by atoms with E-state index in [0.717, 1.165) is 43.0 Å². The molecular formula is C15H22ClIN6OS. The van der Waals surface area contributed by atoms with Crippen LogP contribution in [0.2, 0.25) is 4.34 Å². The summed E-state index contributed by atoms with van der Waals surface area (Å²) in [6.45, 7) is 7.12. The summed E-state index contributed by atoms with van der Waals surface area (Å²) < 4.78 is 5.83. The predicted octanol–water partition coefficient (Wildman–Crippen LogP) is 2.60. The second-order valence-electron chi connectivity index (χ2n) is 5.60. The lowest BCUT2D eigenvalue weighted by molar-refractivity contribution is 0.173. The number of halogens is 2. The van der Waals surface area contributed by atoms with Crippen molar-refractivity contribution in [2.75, 3.05) is 33.2 Å². The molecule has 3 rings (SSSR count). The molecule has 0 aliphatic carbocycles. The molecule has 25 heavy (non-hydrogen) atoms. The van der Waals surface area contributed by atoms with Gasteiger partial charge in [0.1, 0.15) is 0 Å². The summed E-state index contributed by atoms with van der Waals surface area (Å²) in [5, 5.41) is 7.18. The predicted molar refractivity (Wildman–Crippen MR) is 111 cm³/mol. The van der Waals surface area contributed by atoms with Crippen LogP contribution in [0.15, 0.2) is 21.6 Å². The van der Waals surface area contributed by atoms with Gasteiger partial charge in [-0.15, -0.1) is 35.3 Å². The summed E-state index contributed by atoms with van der Waals surface area (Å²) in [6, 6.07) is 4.07. The maximum absolute atomic E-state index is 6.00. The van der Waals surface area contributed by atoms with Crippen molar-refractivity contribution < 1.29 is 4.52 Å². The second kappa shape index (κ2) is 9.70. The minimum absolute atomic E-state index is 0. The Balaban J connectivity index is 0.00000225. The lowest BCUT2D eigenvalue weighted by Gasteiger charge is -2.36. The minimum atomic E-state index is 0. The largest absolute Gasteiger partial charge is 0.349 e. The molecule has 10 heteroatoms. The molecule has 1 aliphatic heterocycles. The third-order valence-electron chi connectivity index (χ3n) is 3.87. The molecule has 2 aromatic heterocycles. The molecule has 1 aliphatic rings. The van der Waals surface area contributed by atoms with Crippen LogP contribution in [0.1, 0.15) is 16.6 Å². The molecule has 0 aromatic carbocycles. The molecule has 0 bridgehead atoms. The Kier molecular flexibility index (Phi) is 7.91. The average molecular weight is 497 g/mol. The first-order valence-corrected chi connectivity index (χ1v) is 9.05. The standard InChI is InChI=1S/C15H21ClN6OS.HI/c1-11-19-14(20-23-11)9-18-15(17-2)22-7-5-21(6-8-22)10-12-3-4-13(16)24-12;/h3-4H,5-10H2,1-2H3,(H,17,18);1H. The molecule has 0 radical (unpaired) electrons. The van der Waals surface area contributed by atoms with Crippen LogP contribution >= 0.6 is 46.9 Å². The normalized spacial score (nSPS) is 16.0. The number of piperazine rings is 1. The number of hydrogen-bond donors (Lipinski definition) is 1. The Morgan fingerprint density at radius 2 is 2.12 bits per heavy atom. The molecule has 2 aromatic rings. The highest BCUT2D eigenvalue weighted by molar-refractivity contribution is 14.0. The van der Waals surface area contributed by atoms with E-state index in [4.69, 9.17) is 16.1 Å². The van der Waals surface area contributed by atoms with Gasteiger partial charge in [-0.05, 0) is 12.1 Å². The van der Waals surface area contributed by atoms with Crippen LogP contribution in [-0.2, 0) is 13.1 Å². The first kappa shape index (κ1) is 20.4. The highest BCUT2D eigenvalue weighted by Gasteiger charge is 2.20. The van der Waals surface area contributed by atoms with E-state index < -0.39 is 0 Å². The number of aromatic nitrogens is 2. The average Bonchev–Trinajstić information content (AvgIpc) is 3.18. The van der Waals surface area contributed by atoms with Gasteiger partial charge in [0.25, 0.3) is 0 Å². The fourth-order valence-corrected chi connectivity index (χ4v) is 3.81. The van der Waals surface area contributed by atoms with Crippen LogP contribution in [0, 0.1) is 6.92 Å². The van der Waals surface area contributed by atoms with Gasteiger partial charge in [-0.1, -0.05) is 16.8 Å². The Bertz CT molecular complexity index is 698. The molecule has 1 N–H and O–H groups in total. The molecule has 1 fully saturated rings. The number of aryl methyl sites for hydroxylation is 1. The zero-order valence-electron chi connectivity index (χ0n) is 14.2. The third-order valence-corrected chi connectivity index (χ3v) is 5.08. The van der Waals surface area contributed by atoms with Crippen LogP contribution in [0.4, 0.5) is 0 Å². The summed E-state index contributed by atoms with van der Waals surface area (Å²) in [5.74, 6) is 2.09. The van der Waals surface area contributed by atoms with Gasteiger partial charge >= 0.3 is 0 Å². The van der Waals surface area contributed by atoms with E-state index in [9.17, 15) is 0 Å². The van der Waals surface area contributed by atoms with Crippen LogP contribution in [0.5, 0.6) is 0 Å². The molecule has 3 heterocycles. The topological polar surface area (TPSA) is 69.8 Å². The van der Waals surface area contributed by atoms with Crippen molar-refractivity contribution in [3.05, 3.63) is 33.1 Å². The number of thiophene rings is 1. The molecule has 0 atom stereocenters. The molecule has 138 valence electrons. The number of rotatable bonds is 4. The van der Waals surface area contributed by atoms with Gasteiger partial charge in [0.2, 0.25) is 5.89 Å². The van der Waals surface area contributed by atoms with Crippen molar-refractivity contribution in [2.45, 2.75) is 20.0 Å². The van der Waals surface area contributed by atoms with Crippen LogP contribution in [0.25, 0.3) is 0 Å². The number of nitrogens with one attached hydrogen (secondary N) is 1. The van der Waals surface area contributed by atoms with Gasteiger partial charge in [-0.3, -0.25) is 9.89 Å². The van der Waals surface area contributed by atoms with Gasteiger partial charge in [0.15, 0.2) is 11.8 Å². The monoisotopic (exact) mass is 496 g/mol. The van der Waals surface area contributed by atoms with Crippen LogP contribution in [-0.4, -0.2) is 59.1 Å². The van der Waals surface area contributed by atoms with Crippen molar-refractivity contribution in [3.8, 4) is 0 Å². The lowest BCUT2D eigenvalue weighted by atomic mass is 10.3. The van der Waals surface area contributed by atoms with Gasteiger partial charge in [0.05, 0.1) is 10.9 Å². The van der Waals surface area contributed by atoms with E-state index in [-0.39, 0.29) is 24.0 Å². The molecule has 0 unspecified atom stereocenters. The van der Waals surface area contributed by atoms with E-state index in [1.807, 2.05) is 6.07 Å². The highest BCUT2D eigenvalue weighted by Crippen LogP contribution is 2.23. The van der Waals surface area contributed by atoms with Gasteiger partial charge in [-0.25, -0.2) is 0 Å². The van der Waals surface area contributed by atoms with Crippen molar-refractivity contribution in [2.24, 2.45) is 4.99 Å². The van der Waals surface area contributed by atoms with Gasteiger partial charge < -0.3 is 14.7 Å². The van der Waals surface area contributed by atoms with Crippen molar-refractivity contribution in [1.82, 2.24) is 25.3 Å². The van der Waals surface area contributed by atoms with E-state index in [2.05, 4.69) is 36.3 Å². The fraction of sp³-hybridized carbons (Fsp3) is 0.533. The second-order valence-corrected chi connectivity index (χ2v) is 7.40. The number of nitrogens with zero attached hydrogens (tertiary/aromatic N) is 5. The quantitative estimate of drug-likeness (QED) is 0.399. The zero-order valence-corrected chi connectivity index (χ0v) is 18.1. The Morgan fingerprint density at radius 3 is 2.68 bits per heavy atom. The molecule has 7 nitrogen and oxygen atoms in total. The number of aliphatic imine (C=N–C) groups is 1. The molecule has 0 amide bonds. The van der Waals surface area contributed by atoms with Crippen molar-refractivity contribution in [1.29, 1.82) is 0 Å². The van der Waals surface area contributed by atoms with E-state index in [1.165, 1.54) is 4.88 Å². The first-order chi connectivity index (χ1) is 11.6. The fourth-order valence-electron chi connectivity index (χ4n) is 2.68. The number of guanidine groups is 1. The summed E-state index contributed by atoms with van der Waals surface area (Å²) in [6.07, 6.45) is 0. The maximum atomic E-state index is 6.00. The lowest BCUT2D eigenvalue weighted by Crippen LogP contribution is -2.52. The SMILES string of the molecule is CN=C(NCc1noc(C)n1)N1CCN(Cc2ccc(Cl)s2)CC1.I. The van der Waals surface area contributed by atoms with Crippen LogP contribution < -0.4 is 5.32 Å². The third kappa shape index (κ3) is 5.80. The van der Waals surface area contributed by atoms with Crippen LogP contribution in [0.3, 0.4) is 0 Å². The zero-order chi connectivity index (χ0) is 16.9. The Morgan fingerprint density at radius 1 is 1.36 bits per heavy atom. The summed E-state index contributed by atoms with van der Waals surface area (Å²) >= 11 is 7.65. The smallest absolute Gasteiger partial charge is 0.223 e. The molecule has 0 saturated carbocycles.